The molecule has 0 radical (unpaired) electrons. The molecule has 1 amide bonds. The summed E-state index contributed by atoms with van der Waals surface area (Å²) in [6, 6.07) is 12.2. The summed E-state index contributed by atoms with van der Waals surface area (Å²) in [6.45, 7) is -0.389. The van der Waals surface area contributed by atoms with Crippen molar-refractivity contribution in [1.82, 2.24) is 0 Å². The minimum absolute atomic E-state index is 0.215. The van der Waals surface area contributed by atoms with E-state index in [2.05, 4.69) is 21.2 Å². The van der Waals surface area contributed by atoms with Gasteiger partial charge in [0, 0.05) is 35.6 Å². The van der Waals surface area contributed by atoms with E-state index in [-0.39, 0.29) is 12.2 Å². The first-order valence-electron chi connectivity index (χ1n) is 7.16. The number of nitrogens with zero attached hydrogens (tertiary/aromatic N) is 1. The average Bonchev–Trinajstić information content (AvgIpc) is 2.55. The van der Waals surface area contributed by atoms with Crippen molar-refractivity contribution in [1.29, 1.82) is 0 Å². The van der Waals surface area contributed by atoms with Gasteiger partial charge in [-0.3, -0.25) is 4.79 Å². The average molecular weight is 392 g/mol. The van der Waals surface area contributed by atoms with Gasteiger partial charge in [0.25, 0.3) is 5.91 Å². The van der Waals surface area contributed by atoms with Crippen molar-refractivity contribution in [3.63, 3.8) is 0 Å². The first-order chi connectivity index (χ1) is 11.4. The number of halogens is 1. The van der Waals surface area contributed by atoms with Crippen molar-refractivity contribution < 1.29 is 14.3 Å². The van der Waals surface area contributed by atoms with Gasteiger partial charge < -0.3 is 20.7 Å². The minimum Gasteiger partial charge on any atom is -0.452 e. The van der Waals surface area contributed by atoms with Crippen molar-refractivity contribution >= 4 is 44.9 Å². The number of ether oxygens (including phenoxy) is 1. The van der Waals surface area contributed by atoms with Crippen molar-refractivity contribution in [3.05, 3.63) is 52.5 Å². The fourth-order valence-corrected chi connectivity index (χ4v) is 2.32. The Morgan fingerprint density at radius 3 is 2.46 bits per heavy atom. The molecule has 0 aliphatic rings. The van der Waals surface area contributed by atoms with Gasteiger partial charge in [0.2, 0.25) is 0 Å². The number of carbonyl (C=O) groups excluding carboxylic acids is 2. The molecule has 0 heterocycles. The van der Waals surface area contributed by atoms with E-state index >= 15 is 0 Å². The number of esters is 1. The van der Waals surface area contributed by atoms with Crippen LogP contribution in [0.1, 0.15) is 10.4 Å². The summed E-state index contributed by atoms with van der Waals surface area (Å²) in [4.78, 5) is 25.8. The number of nitrogen functional groups attached to an aromatic ring is 1. The molecule has 0 saturated heterocycles. The summed E-state index contributed by atoms with van der Waals surface area (Å²) >= 11 is 3.26. The second kappa shape index (κ2) is 7.83. The van der Waals surface area contributed by atoms with Crippen molar-refractivity contribution in [2.75, 3.05) is 36.7 Å². The van der Waals surface area contributed by atoms with Crippen LogP contribution in [0.2, 0.25) is 0 Å². The Morgan fingerprint density at radius 1 is 1.17 bits per heavy atom. The van der Waals surface area contributed by atoms with E-state index in [0.717, 1.165) is 5.69 Å². The maximum atomic E-state index is 12.0. The van der Waals surface area contributed by atoms with Crippen LogP contribution in [0.5, 0.6) is 0 Å². The molecular formula is C17H18BrN3O3. The third-order valence-electron chi connectivity index (χ3n) is 3.24. The monoisotopic (exact) mass is 391 g/mol. The van der Waals surface area contributed by atoms with E-state index in [4.69, 9.17) is 10.5 Å². The van der Waals surface area contributed by atoms with Crippen molar-refractivity contribution in [2.24, 2.45) is 0 Å². The number of rotatable bonds is 5. The topological polar surface area (TPSA) is 84.7 Å². The predicted molar refractivity (Wildman–Crippen MR) is 98.2 cm³/mol. The zero-order valence-corrected chi connectivity index (χ0v) is 15.0. The van der Waals surface area contributed by atoms with Crippen molar-refractivity contribution in [3.8, 4) is 0 Å². The molecule has 24 heavy (non-hydrogen) atoms. The Morgan fingerprint density at radius 2 is 1.83 bits per heavy atom. The van der Waals surface area contributed by atoms with Crippen LogP contribution in [-0.2, 0) is 9.53 Å². The predicted octanol–water partition coefficient (Wildman–Crippen LogP) is 2.89. The summed E-state index contributed by atoms with van der Waals surface area (Å²) in [5.74, 6) is -1.07. The number of nitrogens with two attached hydrogens (primary N) is 1. The molecule has 0 aliphatic heterocycles. The van der Waals surface area contributed by atoms with E-state index in [1.807, 2.05) is 31.1 Å². The lowest BCUT2D eigenvalue weighted by Crippen LogP contribution is -2.21. The van der Waals surface area contributed by atoms with E-state index < -0.39 is 11.9 Å². The Bertz CT molecular complexity index is 745. The number of hydrogen-bond donors (Lipinski definition) is 2. The maximum Gasteiger partial charge on any atom is 0.340 e. The second-order valence-corrected chi connectivity index (χ2v) is 6.21. The standard InChI is InChI=1S/C17H18BrN3O3/c1-21(2)13-6-4-12(5-7-13)20-16(22)10-24-17(23)14-9-11(18)3-8-15(14)19/h3-9H,10,19H2,1-2H3,(H,20,22). The zero-order valence-electron chi connectivity index (χ0n) is 13.4. The van der Waals surface area contributed by atoms with Crippen LogP contribution >= 0.6 is 15.9 Å². The molecule has 7 heteroatoms. The van der Waals surface area contributed by atoms with E-state index in [9.17, 15) is 9.59 Å². The SMILES string of the molecule is CN(C)c1ccc(NC(=O)COC(=O)c2cc(Br)ccc2N)cc1. The van der Waals surface area contributed by atoms with Gasteiger partial charge in [0.15, 0.2) is 6.61 Å². The fraction of sp³-hybridized carbons (Fsp3) is 0.176. The highest BCUT2D eigenvalue weighted by atomic mass is 79.9. The van der Waals surface area contributed by atoms with E-state index in [1.165, 1.54) is 0 Å². The largest absolute Gasteiger partial charge is 0.452 e. The third kappa shape index (κ3) is 4.73. The van der Waals surface area contributed by atoms with Gasteiger partial charge in [-0.25, -0.2) is 4.79 Å². The molecule has 0 saturated carbocycles. The number of amides is 1. The molecule has 0 aromatic heterocycles. The molecule has 0 atom stereocenters. The molecule has 2 rings (SSSR count). The molecule has 0 aliphatic carbocycles. The van der Waals surface area contributed by atoms with Crippen LogP contribution in [0, 0.1) is 0 Å². The quantitative estimate of drug-likeness (QED) is 0.604. The van der Waals surface area contributed by atoms with Crippen LogP contribution in [0.4, 0.5) is 17.1 Å². The molecule has 2 aromatic carbocycles. The smallest absolute Gasteiger partial charge is 0.340 e. The summed E-state index contributed by atoms with van der Waals surface area (Å²) in [7, 11) is 3.86. The highest BCUT2D eigenvalue weighted by Gasteiger charge is 2.14. The highest BCUT2D eigenvalue weighted by molar-refractivity contribution is 9.10. The van der Waals surface area contributed by atoms with Crippen molar-refractivity contribution in [2.45, 2.75) is 0 Å². The van der Waals surface area contributed by atoms with Gasteiger partial charge in [0.1, 0.15) is 0 Å². The Labute approximate surface area is 148 Å². The van der Waals surface area contributed by atoms with Gasteiger partial charge in [-0.05, 0) is 42.5 Å². The number of hydrogen-bond acceptors (Lipinski definition) is 5. The van der Waals surface area contributed by atoms with Gasteiger partial charge in [-0.15, -0.1) is 0 Å². The fourth-order valence-electron chi connectivity index (χ4n) is 1.95. The molecule has 0 bridgehead atoms. The molecule has 2 aromatic rings. The maximum absolute atomic E-state index is 12.0. The van der Waals surface area contributed by atoms with Gasteiger partial charge >= 0.3 is 5.97 Å². The summed E-state index contributed by atoms with van der Waals surface area (Å²) < 4.78 is 5.70. The van der Waals surface area contributed by atoms with Crippen LogP contribution < -0.4 is 16.0 Å². The van der Waals surface area contributed by atoms with Crippen LogP contribution in [-0.4, -0.2) is 32.6 Å². The molecule has 0 fully saturated rings. The molecule has 126 valence electrons. The van der Waals surface area contributed by atoms with Crippen LogP contribution in [0.15, 0.2) is 46.9 Å². The normalized spacial score (nSPS) is 10.1. The number of benzene rings is 2. The van der Waals surface area contributed by atoms with Crippen LogP contribution in [0.3, 0.4) is 0 Å². The Balaban J connectivity index is 1.90. The Kier molecular flexibility index (Phi) is 5.81. The van der Waals surface area contributed by atoms with Crippen LogP contribution in [0.25, 0.3) is 0 Å². The molecule has 0 spiro atoms. The molecule has 6 nitrogen and oxygen atoms in total. The van der Waals surface area contributed by atoms with E-state index in [0.29, 0.717) is 15.8 Å². The molecular weight excluding hydrogens is 374 g/mol. The van der Waals surface area contributed by atoms with Gasteiger partial charge in [0.05, 0.1) is 5.56 Å². The van der Waals surface area contributed by atoms with E-state index in [1.54, 1.807) is 30.3 Å². The lowest BCUT2D eigenvalue weighted by atomic mass is 10.2. The number of nitrogens with one attached hydrogen (secondary N) is 1. The summed E-state index contributed by atoms with van der Waals surface area (Å²) in [5, 5.41) is 2.67. The zero-order chi connectivity index (χ0) is 17.7. The third-order valence-corrected chi connectivity index (χ3v) is 3.73. The lowest BCUT2D eigenvalue weighted by Gasteiger charge is -2.13. The molecule has 0 unspecified atom stereocenters. The minimum atomic E-state index is -0.646. The number of anilines is 3. The number of carbonyl (C=O) groups is 2. The highest BCUT2D eigenvalue weighted by Crippen LogP contribution is 2.19. The second-order valence-electron chi connectivity index (χ2n) is 5.30. The summed E-state index contributed by atoms with van der Waals surface area (Å²) in [5.41, 5.74) is 7.89. The first kappa shape index (κ1) is 17.8. The van der Waals surface area contributed by atoms with Gasteiger partial charge in [-0.2, -0.15) is 0 Å². The lowest BCUT2D eigenvalue weighted by molar-refractivity contribution is -0.119. The first-order valence-corrected chi connectivity index (χ1v) is 7.95. The molecule has 3 N–H and O–H groups in total. The summed E-state index contributed by atoms with van der Waals surface area (Å²) in [6.07, 6.45) is 0. The van der Waals surface area contributed by atoms with Gasteiger partial charge in [-0.1, -0.05) is 15.9 Å². The Hall–Kier alpha value is -2.54.